The number of piperidine rings is 1. The fourth-order valence-corrected chi connectivity index (χ4v) is 8.64. The van der Waals surface area contributed by atoms with Crippen LogP contribution in [0.4, 0.5) is 5.69 Å². The van der Waals surface area contributed by atoms with E-state index in [9.17, 15) is 13.2 Å². The lowest BCUT2D eigenvalue weighted by Crippen LogP contribution is -2.52. The van der Waals surface area contributed by atoms with Crippen LogP contribution in [0, 0.1) is 26.7 Å². The van der Waals surface area contributed by atoms with Gasteiger partial charge in [0.05, 0.1) is 4.90 Å². The highest BCUT2D eigenvalue weighted by Crippen LogP contribution is 2.33. The van der Waals surface area contributed by atoms with E-state index in [0.717, 1.165) is 24.2 Å². The Labute approximate surface area is 262 Å². The molecule has 0 atom stereocenters. The number of rotatable bonds is 6. The monoisotopic (exact) mass is 619 g/mol. The van der Waals surface area contributed by atoms with Crippen molar-refractivity contribution >= 4 is 33.4 Å². The highest BCUT2D eigenvalue weighted by atomic mass is 32.2. The van der Waals surface area contributed by atoms with Gasteiger partial charge in [0.25, 0.3) is 0 Å². The quantitative estimate of drug-likeness (QED) is 0.303. The molecule has 1 amide bonds. The van der Waals surface area contributed by atoms with Gasteiger partial charge in [-0.05, 0) is 92.1 Å². The van der Waals surface area contributed by atoms with E-state index in [0.29, 0.717) is 43.9 Å². The van der Waals surface area contributed by atoms with E-state index in [1.165, 1.54) is 26.6 Å². The number of hydrogen-bond acceptors (Lipinski definition) is 5. The van der Waals surface area contributed by atoms with Crippen molar-refractivity contribution in [2.24, 2.45) is 5.92 Å². The van der Waals surface area contributed by atoms with Gasteiger partial charge in [0.15, 0.2) is 0 Å². The first kappa shape index (κ1) is 31.6. The summed E-state index contributed by atoms with van der Waals surface area (Å²) in [5, 5.41) is 0. The number of nitrogens with zero attached hydrogens (tertiary/aromatic N) is 3. The van der Waals surface area contributed by atoms with Gasteiger partial charge in [-0.15, -0.1) is 0 Å². The lowest BCUT2D eigenvalue weighted by molar-refractivity contribution is -0.137. The van der Waals surface area contributed by atoms with E-state index < -0.39 is 10.0 Å². The average molecular weight is 620 g/mol. The summed E-state index contributed by atoms with van der Waals surface area (Å²) in [6.07, 6.45) is 1.13. The number of anilines is 1. The van der Waals surface area contributed by atoms with E-state index in [1.807, 2.05) is 30.0 Å². The minimum Gasteiger partial charge on any atom is -0.368 e. The van der Waals surface area contributed by atoms with Gasteiger partial charge in [-0.2, -0.15) is 4.31 Å². The Bertz CT molecular complexity index is 1560. The molecule has 230 valence electrons. The zero-order chi connectivity index (χ0) is 30.9. The molecule has 0 radical (unpaired) electrons. The summed E-state index contributed by atoms with van der Waals surface area (Å²) in [6, 6.07) is 21.0. The van der Waals surface area contributed by atoms with E-state index in [1.54, 1.807) is 16.1 Å². The molecule has 43 heavy (non-hydrogen) atoms. The number of carbonyl (C=O) groups excluding carboxylic acids is 1. The molecule has 2 heterocycles. The van der Waals surface area contributed by atoms with Crippen molar-refractivity contribution in [2.45, 2.75) is 74.5 Å². The molecule has 3 aromatic carbocycles. The van der Waals surface area contributed by atoms with Crippen LogP contribution in [-0.4, -0.2) is 62.8 Å². The predicted octanol–water partition coefficient (Wildman–Crippen LogP) is 6.81. The maximum Gasteiger partial charge on any atom is 0.243 e. The molecule has 6 nitrogen and oxygen atoms in total. The van der Waals surface area contributed by atoms with Crippen LogP contribution in [0.5, 0.6) is 0 Å². The summed E-state index contributed by atoms with van der Waals surface area (Å²) in [4.78, 5) is 20.6. The number of sulfonamides is 1. The second kappa shape index (κ2) is 12.7. The number of carbonyl (C=O) groups is 1. The molecule has 0 aliphatic carbocycles. The number of piperazine rings is 1. The van der Waals surface area contributed by atoms with Gasteiger partial charge in [-0.3, -0.25) is 4.79 Å². The molecule has 0 aromatic heterocycles. The molecule has 2 saturated heterocycles. The van der Waals surface area contributed by atoms with Gasteiger partial charge < -0.3 is 9.80 Å². The molecule has 2 aliphatic rings. The van der Waals surface area contributed by atoms with Crippen LogP contribution >= 0.6 is 11.8 Å². The van der Waals surface area contributed by atoms with Gasteiger partial charge in [0.1, 0.15) is 0 Å². The SMILES string of the molecule is Cc1ccc(Sc2ccc(N3CCN(C(=O)C4CCN(S(=O)(=O)c5cc(C(C)(C)C)ccc5C)CC4)CC3)cc2)c(C)c1. The van der Waals surface area contributed by atoms with Gasteiger partial charge in [0, 0.05) is 60.7 Å². The summed E-state index contributed by atoms with van der Waals surface area (Å²) in [5.41, 5.74) is 5.39. The molecule has 0 N–H and O–H groups in total. The van der Waals surface area contributed by atoms with Crippen molar-refractivity contribution < 1.29 is 13.2 Å². The molecule has 0 saturated carbocycles. The Morgan fingerprint density at radius 2 is 1.44 bits per heavy atom. The van der Waals surface area contributed by atoms with Crippen LogP contribution in [0.15, 0.2) is 75.4 Å². The molecule has 8 heteroatoms. The summed E-state index contributed by atoms with van der Waals surface area (Å²) < 4.78 is 28.8. The minimum atomic E-state index is -3.61. The molecule has 0 spiro atoms. The lowest BCUT2D eigenvalue weighted by atomic mass is 9.87. The Kier molecular flexibility index (Phi) is 9.31. The Morgan fingerprint density at radius 3 is 2.05 bits per heavy atom. The third-order valence-electron chi connectivity index (χ3n) is 8.83. The van der Waals surface area contributed by atoms with E-state index in [-0.39, 0.29) is 17.2 Å². The third-order valence-corrected chi connectivity index (χ3v) is 12.1. The van der Waals surface area contributed by atoms with Crippen molar-refractivity contribution in [3.8, 4) is 0 Å². The normalized spacial score (nSPS) is 17.3. The largest absolute Gasteiger partial charge is 0.368 e. The molecule has 2 aliphatic heterocycles. The zero-order valence-corrected chi connectivity index (χ0v) is 28.0. The van der Waals surface area contributed by atoms with E-state index >= 15 is 0 Å². The summed E-state index contributed by atoms with van der Waals surface area (Å²) in [6.45, 7) is 16.1. The summed E-state index contributed by atoms with van der Waals surface area (Å²) in [7, 11) is -3.61. The first-order valence-corrected chi connectivity index (χ1v) is 17.6. The second-order valence-electron chi connectivity index (χ2n) is 13.1. The number of hydrogen-bond donors (Lipinski definition) is 0. The van der Waals surface area contributed by atoms with Crippen LogP contribution in [0.25, 0.3) is 0 Å². The Hall–Kier alpha value is -2.81. The Morgan fingerprint density at radius 1 is 0.791 bits per heavy atom. The smallest absolute Gasteiger partial charge is 0.243 e. The predicted molar refractivity (Wildman–Crippen MR) is 177 cm³/mol. The fourth-order valence-electron chi connectivity index (χ4n) is 6.04. The highest BCUT2D eigenvalue weighted by Gasteiger charge is 2.35. The van der Waals surface area contributed by atoms with Crippen molar-refractivity contribution in [1.29, 1.82) is 0 Å². The average Bonchev–Trinajstić information content (AvgIpc) is 2.98. The Balaban J connectivity index is 1.13. The molecule has 2 fully saturated rings. The lowest BCUT2D eigenvalue weighted by Gasteiger charge is -2.39. The van der Waals surface area contributed by atoms with Crippen LogP contribution in [0.1, 0.15) is 55.9 Å². The first-order valence-electron chi connectivity index (χ1n) is 15.3. The number of aryl methyl sites for hydroxylation is 3. The van der Waals surface area contributed by atoms with E-state index in [2.05, 4.69) is 82.0 Å². The van der Waals surface area contributed by atoms with Crippen LogP contribution < -0.4 is 4.90 Å². The highest BCUT2D eigenvalue weighted by molar-refractivity contribution is 7.99. The standard InChI is InChI=1S/C35H45N3O3S2/c1-25-7-14-32(27(3)23-25)42-31-12-10-30(11-13-31)36-19-21-37(22-20-36)34(39)28-15-17-38(18-16-28)43(40,41)33-24-29(35(4,5)6)9-8-26(33)2/h7-14,23-24,28H,15-22H2,1-6H3. The van der Waals surface area contributed by atoms with Gasteiger partial charge in [-0.25, -0.2) is 8.42 Å². The zero-order valence-electron chi connectivity index (χ0n) is 26.4. The summed E-state index contributed by atoms with van der Waals surface area (Å²) >= 11 is 1.79. The molecule has 0 bridgehead atoms. The topological polar surface area (TPSA) is 60.9 Å². The van der Waals surface area contributed by atoms with Gasteiger partial charge >= 0.3 is 0 Å². The van der Waals surface area contributed by atoms with Gasteiger partial charge in [-0.1, -0.05) is 62.4 Å². The van der Waals surface area contributed by atoms with Crippen molar-refractivity contribution in [3.05, 3.63) is 82.9 Å². The maximum absolute atomic E-state index is 13.6. The van der Waals surface area contributed by atoms with Crippen molar-refractivity contribution in [1.82, 2.24) is 9.21 Å². The molecular formula is C35H45N3O3S2. The third kappa shape index (κ3) is 7.13. The second-order valence-corrected chi connectivity index (χ2v) is 16.1. The molecular weight excluding hydrogens is 575 g/mol. The fraction of sp³-hybridized carbons (Fsp3) is 0.457. The summed E-state index contributed by atoms with van der Waals surface area (Å²) in [5.74, 6) is 0.0457. The van der Waals surface area contributed by atoms with Crippen molar-refractivity contribution in [3.63, 3.8) is 0 Å². The molecule has 5 rings (SSSR count). The molecule has 0 unspecified atom stereocenters. The maximum atomic E-state index is 13.6. The first-order chi connectivity index (χ1) is 20.3. The van der Waals surface area contributed by atoms with Crippen molar-refractivity contribution in [2.75, 3.05) is 44.2 Å². The minimum absolute atomic E-state index is 0.124. The van der Waals surface area contributed by atoms with Gasteiger partial charge in [0.2, 0.25) is 15.9 Å². The van der Waals surface area contributed by atoms with Crippen LogP contribution in [-0.2, 0) is 20.2 Å². The van der Waals surface area contributed by atoms with E-state index in [4.69, 9.17) is 0 Å². The molecule has 3 aromatic rings. The van der Waals surface area contributed by atoms with Crippen LogP contribution in [0.3, 0.4) is 0 Å². The number of amides is 1. The number of benzene rings is 3. The van der Waals surface area contributed by atoms with Crippen LogP contribution in [0.2, 0.25) is 0 Å².